The van der Waals surface area contributed by atoms with Crippen LogP contribution in [0.25, 0.3) is 0 Å². The molecule has 0 aromatic rings. The van der Waals surface area contributed by atoms with Crippen molar-refractivity contribution in [2.45, 2.75) is 126 Å². The van der Waals surface area contributed by atoms with Crippen LogP contribution in [0.4, 0.5) is 0 Å². The number of fused-ring (bicyclic) bond motifs is 3. The molecule has 5 rings (SSSR count). The number of hydrazine groups is 1. The van der Waals surface area contributed by atoms with E-state index in [0.29, 0.717) is 43.8 Å². The molecule has 11 nitrogen and oxygen atoms in total. The highest BCUT2D eigenvalue weighted by molar-refractivity contribution is 6.20. The number of ether oxygens (including phenoxy) is 1. The van der Waals surface area contributed by atoms with Crippen LogP contribution in [-0.4, -0.2) is 101 Å². The van der Waals surface area contributed by atoms with E-state index >= 15 is 0 Å². The van der Waals surface area contributed by atoms with E-state index in [0.717, 1.165) is 44.9 Å². The Morgan fingerprint density at radius 2 is 1.76 bits per heavy atom. The SMILES string of the molecule is COC1CCC2C(C1)C(C1CCC(Cl)CC1)=N[C@@H](CC(=O)NCCNC(=O)C1CCC(O)C(O)C1)C1NNC(C)N21. The van der Waals surface area contributed by atoms with Gasteiger partial charge in [-0.3, -0.25) is 19.5 Å². The van der Waals surface area contributed by atoms with Gasteiger partial charge in [0.2, 0.25) is 11.8 Å². The first-order valence-electron chi connectivity index (χ1n) is 15.7. The number of halogens is 1. The number of nitrogens with one attached hydrogen (secondary N) is 4. The smallest absolute Gasteiger partial charge is 0.223 e. The maximum Gasteiger partial charge on any atom is 0.223 e. The highest BCUT2D eigenvalue weighted by atomic mass is 35.5. The predicted molar refractivity (Wildman–Crippen MR) is 156 cm³/mol. The number of hydrogen-bond acceptors (Lipinski definition) is 9. The standard InChI is InChI=1S/C29H49ClN6O5/c1-16-34-35-28-22(15-26(39)31-11-12-32-29(40)18-5-10-24(37)25(38)13-18)33-27(17-3-6-19(30)7-4-17)21-14-20(41-2)8-9-23(21)36(16)28/h16-25,28,34-35,37-38H,3-15H2,1-2H3,(H,31,39)(H,32,40)/t16?,17?,18?,19?,20?,21?,22-,23?,24?,25?,28?/m0/s1. The summed E-state index contributed by atoms with van der Waals surface area (Å²) in [4.78, 5) is 33.6. The summed E-state index contributed by atoms with van der Waals surface area (Å²) in [7, 11) is 1.81. The van der Waals surface area contributed by atoms with Gasteiger partial charge in [0.1, 0.15) is 0 Å². The van der Waals surface area contributed by atoms with Crippen molar-refractivity contribution in [3.05, 3.63) is 0 Å². The molecule has 0 aromatic carbocycles. The first kappa shape index (κ1) is 31.1. The van der Waals surface area contributed by atoms with Gasteiger partial charge in [-0.25, -0.2) is 10.9 Å². The molecule has 6 N–H and O–H groups in total. The number of alkyl halides is 1. The lowest BCUT2D eigenvalue weighted by Gasteiger charge is -2.44. The van der Waals surface area contributed by atoms with E-state index in [1.54, 1.807) is 7.11 Å². The Morgan fingerprint density at radius 1 is 1.00 bits per heavy atom. The van der Waals surface area contributed by atoms with Crippen molar-refractivity contribution in [2.24, 2.45) is 22.7 Å². The topological polar surface area (TPSA) is 148 Å². The molecule has 1 saturated heterocycles. The highest BCUT2D eigenvalue weighted by Crippen LogP contribution is 2.42. The van der Waals surface area contributed by atoms with E-state index in [1.165, 1.54) is 5.71 Å². The largest absolute Gasteiger partial charge is 0.390 e. The minimum Gasteiger partial charge on any atom is -0.390 e. The molecule has 41 heavy (non-hydrogen) atoms. The van der Waals surface area contributed by atoms with Crippen LogP contribution in [0.5, 0.6) is 0 Å². The van der Waals surface area contributed by atoms with E-state index < -0.39 is 12.2 Å². The predicted octanol–water partition coefficient (Wildman–Crippen LogP) is 1.02. The zero-order valence-corrected chi connectivity index (χ0v) is 25.2. The summed E-state index contributed by atoms with van der Waals surface area (Å²) < 4.78 is 5.84. The van der Waals surface area contributed by atoms with Crippen LogP contribution in [0.3, 0.4) is 0 Å². The molecule has 8 unspecified atom stereocenters. The number of aliphatic hydroxyl groups is 2. The fourth-order valence-corrected chi connectivity index (χ4v) is 8.08. The molecule has 0 bridgehead atoms. The van der Waals surface area contributed by atoms with Crippen LogP contribution >= 0.6 is 11.6 Å². The van der Waals surface area contributed by atoms with Crippen molar-refractivity contribution in [1.29, 1.82) is 0 Å². The zero-order valence-electron chi connectivity index (χ0n) is 24.4. The monoisotopic (exact) mass is 596 g/mol. The van der Waals surface area contributed by atoms with Crippen molar-refractivity contribution in [3.8, 4) is 0 Å². The summed E-state index contributed by atoms with van der Waals surface area (Å²) in [6.07, 6.45) is 7.20. The molecule has 3 saturated carbocycles. The second-order valence-electron chi connectivity index (χ2n) is 12.8. The molecule has 232 valence electrons. The number of aliphatic imine (C=N–C) groups is 1. The molecule has 12 heteroatoms. The quantitative estimate of drug-likeness (QED) is 0.180. The van der Waals surface area contributed by atoms with Crippen LogP contribution in [0.1, 0.15) is 77.6 Å². The third kappa shape index (κ3) is 7.25. The van der Waals surface area contributed by atoms with Crippen molar-refractivity contribution < 1.29 is 24.5 Å². The maximum atomic E-state index is 13.2. The third-order valence-corrected chi connectivity index (χ3v) is 10.6. The van der Waals surface area contributed by atoms with Crippen molar-refractivity contribution in [3.63, 3.8) is 0 Å². The lowest BCUT2D eigenvalue weighted by molar-refractivity contribution is -0.129. The Kier molecular flexibility index (Phi) is 10.6. The number of aliphatic hydroxyl groups excluding tert-OH is 2. The average Bonchev–Trinajstić information content (AvgIpc) is 3.29. The summed E-state index contributed by atoms with van der Waals surface area (Å²) in [5.41, 5.74) is 8.11. The van der Waals surface area contributed by atoms with E-state index in [-0.39, 0.29) is 60.4 Å². The molecule has 9 atom stereocenters. The summed E-state index contributed by atoms with van der Waals surface area (Å²) in [6, 6.07) is 0.0894. The Hall–Kier alpha value is -1.34. The van der Waals surface area contributed by atoms with Gasteiger partial charge in [0, 0.05) is 49.2 Å². The van der Waals surface area contributed by atoms with Crippen LogP contribution < -0.4 is 21.5 Å². The van der Waals surface area contributed by atoms with Gasteiger partial charge < -0.3 is 25.6 Å². The molecule has 5 aliphatic rings. The average molecular weight is 597 g/mol. The molecule has 2 heterocycles. The molecular weight excluding hydrogens is 548 g/mol. The Bertz CT molecular complexity index is 949. The lowest BCUT2D eigenvalue weighted by Crippen LogP contribution is -2.55. The fraction of sp³-hybridized carbons (Fsp3) is 0.897. The second kappa shape index (κ2) is 14.0. The minimum atomic E-state index is -0.862. The fourth-order valence-electron chi connectivity index (χ4n) is 7.82. The van der Waals surface area contributed by atoms with Crippen molar-refractivity contribution >= 4 is 29.1 Å². The first-order valence-corrected chi connectivity index (χ1v) is 16.1. The Morgan fingerprint density at radius 3 is 2.49 bits per heavy atom. The van der Waals surface area contributed by atoms with Gasteiger partial charge in [-0.2, -0.15) is 0 Å². The van der Waals surface area contributed by atoms with E-state index in [4.69, 9.17) is 21.3 Å². The molecule has 0 spiro atoms. The second-order valence-corrected chi connectivity index (χ2v) is 13.4. The highest BCUT2D eigenvalue weighted by Gasteiger charge is 2.50. The maximum absolute atomic E-state index is 13.2. The number of amides is 2. The van der Waals surface area contributed by atoms with E-state index in [9.17, 15) is 19.8 Å². The van der Waals surface area contributed by atoms with Gasteiger partial charge in [0.25, 0.3) is 0 Å². The number of hydrogen-bond donors (Lipinski definition) is 6. The van der Waals surface area contributed by atoms with Crippen molar-refractivity contribution in [2.75, 3.05) is 20.2 Å². The molecule has 3 aliphatic carbocycles. The zero-order chi connectivity index (χ0) is 29.1. The van der Waals surface area contributed by atoms with Gasteiger partial charge in [-0.05, 0) is 77.0 Å². The summed E-state index contributed by atoms with van der Waals surface area (Å²) in [5.74, 6) is 0.134. The number of methoxy groups -OCH3 is 1. The number of carbonyl (C=O) groups is 2. The summed E-state index contributed by atoms with van der Waals surface area (Å²) >= 11 is 6.48. The number of nitrogens with zero attached hydrogens (tertiary/aromatic N) is 2. The number of rotatable bonds is 8. The Balaban J connectivity index is 1.24. The van der Waals surface area contributed by atoms with Gasteiger partial charge in [0.05, 0.1) is 43.1 Å². The van der Waals surface area contributed by atoms with Crippen molar-refractivity contribution in [1.82, 2.24) is 26.4 Å². The minimum absolute atomic E-state index is 0.0861. The van der Waals surface area contributed by atoms with Crippen LogP contribution in [0.15, 0.2) is 4.99 Å². The van der Waals surface area contributed by atoms with Gasteiger partial charge in [0.15, 0.2) is 0 Å². The Labute approximate surface area is 248 Å². The van der Waals surface area contributed by atoms with Crippen LogP contribution in [0, 0.1) is 17.8 Å². The summed E-state index contributed by atoms with van der Waals surface area (Å²) in [5, 5.41) is 25.7. The first-order chi connectivity index (χ1) is 19.7. The van der Waals surface area contributed by atoms with E-state index in [1.807, 2.05) is 0 Å². The van der Waals surface area contributed by atoms with Gasteiger partial charge >= 0.3 is 0 Å². The summed E-state index contributed by atoms with van der Waals surface area (Å²) in [6.45, 7) is 2.81. The molecule has 0 radical (unpaired) electrons. The van der Waals surface area contributed by atoms with E-state index in [2.05, 4.69) is 33.3 Å². The molecule has 2 aliphatic heterocycles. The molecule has 2 amide bonds. The van der Waals surface area contributed by atoms with Crippen LogP contribution in [0.2, 0.25) is 0 Å². The van der Waals surface area contributed by atoms with Crippen LogP contribution in [-0.2, 0) is 14.3 Å². The normalized spacial score (nSPS) is 41.5. The molecule has 0 aromatic heterocycles. The van der Waals surface area contributed by atoms with Gasteiger partial charge in [-0.15, -0.1) is 11.6 Å². The molecule has 4 fully saturated rings. The molecular formula is C29H49ClN6O5. The number of carbonyl (C=O) groups excluding carboxylic acids is 2. The third-order valence-electron chi connectivity index (χ3n) is 10.1. The van der Waals surface area contributed by atoms with Gasteiger partial charge in [-0.1, -0.05) is 0 Å². The lowest BCUT2D eigenvalue weighted by atomic mass is 9.72.